The van der Waals surface area contributed by atoms with Crippen molar-refractivity contribution in [3.63, 3.8) is 0 Å². The minimum Gasteiger partial charge on any atom is -0.493 e. The summed E-state index contributed by atoms with van der Waals surface area (Å²) in [6.45, 7) is 0. The number of rotatable bonds is 5. The van der Waals surface area contributed by atoms with Crippen LogP contribution in [-0.4, -0.2) is 37.4 Å². The lowest BCUT2D eigenvalue weighted by atomic mass is 10.2. The van der Waals surface area contributed by atoms with E-state index in [1.54, 1.807) is 0 Å². The molecule has 1 rings (SSSR count). The van der Waals surface area contributed by atoms with Crippen LogP contribution in [0, 0.1) is 0 Å². The molecule has 0 amide bonds. The maximum Gasteiger partial charge on any atom is 0.502 e. The highest BCUT2D eigenvalue weighted by atomic mass is 19.3. The van der Waals surface area contributed by atoms with Gasteiger partial charge in [0.1, 0.15) is 0 Å². The van der Waals surface area contributed by atoms with Gasteiger partial charge in [-0.15, -0.1) is 0 Å². The third-order valence-electron chi connectivity index (χ3n) is 2.07. The Labute approximate surface area is 106 Å². The second-order valence-electron chi connectivity index (χ2n) is 3.28. The molecule has 1 aromatic carbocycles. The number of hydrogen-bond donors (Lipinski definition) is 1. The summed E-state index contributed by atoms with van der Waals surface area (Å²) in [6, 6.07) is 3.34. The van der Waals surface area contributed by atoms with Gasteiger partial charge in [0.15, 0.2) is 11.5 Å². The summed E-state index contributed by atoms with van der Waals surface area (Å²) >= 11 is 0. The first-order valence-electron chi connectivity index (χ1n) is 4.88. The molecular weight excluding hydrogens is 266 g/mol. The van der Waals surface area contributed by atoms with Gasteiger partial charge in [0, 0.05) is 0 Å². The number of carboxylic acid groups (broad SMARTS) is 1. The monoisotopic (exact) mass is 276 g/mol. The molecule has 0 aliphatic rings. The lowest BCUT2D eigenvalue weighted by Gasteiger charge is -2.16. The van der Waals surface area contributed by atoms with Crippen LogP contribution in [0.1, 0.15) is 10.4 Å². The third kappa shape index (κ3) is 3.30. The predicted octanol–water partition coefficient (Wildman–Crippen LogP) is 1.54. The van der Waals surface area contributed by atoms with Gasteiger partial charge in [0.05, 0.1) is 19.8 Å². The molecule has 0 saturated heterocycles. The summed E-state index contributed by atoms with van der Waals surface area (Å²) in [5.74, 6) is -3.98. The molecule has 0 atom stereocenters. The minimum atomic E-state index is -4.44. The van der Waals surface area contributed by atoms with E-state index in [4.69, 9.17) is 9.84 Å². The Hall–Kier alpha value is -2.38. The SMILES string of the molecule is COC(=O)c1ccc(OC)c(OC(F)(F)C(=O)O)c1. The van der Waals surface area contributed by atoms with Crippen molar-refractivity contribution in [2.75, 3.05) is 14.2 Å². The Morgan fingerprint density at radius 2 is 1.84 bits per heavy atom. The summed E-state index contributed by atoms with van der Waals surface area (Å²) < 4.78 is 39.1. The van der Waals surface area contributed by atoms with E-state index in [1.165, 1.54) is 19.2 Å². The highest BCUT2D eigenvalue weighted by molar-refractivity contribution is 5.90. The highest BCUT2D eigenvalue weighted by Gasteiger charge is 2.43. The summed E-state index contributed by atoms with van der Waals surface area (Å²) in [6.07, 6.45) is -4.44. The first kappa shape index (κ1) is 14.7. The lowest BCUT2D eigenvalue weighted by molar-refractivity contribution is -0.211. The van der Waals surface area contributed by atoms with Crippen LogP contribution in [0.15, 0.2) is 18.2 Å². The van der Waals surface area contributed by atoms with Crippen molar-refractivity contribution in [2.45, 2.75) is 6.11 Å². The lowest BCUT2D eigenvalue weighted by Crippen LogP contribution is -2.35. The van der Waals surface area contributed by atoms with E-state index >= 15 is 0 Å². The summed E-state index contributed by atoms with van der Waals surface area (Å²) in [7, 11) is 2.29. The summed E-state index contributed by atoms with van der Waals surface area (Å²) in [4.78, 5) is 21.5. The number of ether oxygens (including phenoxy) is 3. The molecule has 104 valence electrons. The smallest absolute Gasteiger partial charge is 0.493 e. The van der Waals surface area contributed by atoms with E-state index in [-0.39, 0.29) is 11.3 Å². The van der Waals surface area contributed by atoms with Gasteiger partial charge in [-0.1, -0.05) is 0 Å². The molecule has 0 spiro atoms. The standard InChI is InChI=1S/C11H10F2O6/c1-17-7-4-3-6(9(14)18-2)5-8(7)19-11(12,13)10(15)16/h3-5H,1-2H3,(H,15,16). The molecule has 0 aliphatic heterocycles. The minimum absolute atomic E-state index is 0.0838. The highest BCUT2D eigenvalue weighted by Crippen LogP contribution is 2.32. The molecule has 0 aromatic heterocycles. The molecule has 0 radical (unpaired) electrons. The number of hydrogen-bond acceptors (Lipinski definition) is 5. The van der Waals surface area contributed by atoms with E-state index in [0.29, 0.717) is 0 Å². The Morgan fingerprint density at radius 3 is 2.32 bits per heavy atom. The molecule has 0 saturated carbocycles. The van der Waals surface area contributed by atoms with Gasteiger partial charge in [-0.3, -0.25) is 0 Å². The molecule has 1 N–H and O–H groups in total. The fraction of sp³-hybridized carbons (Fsp3) is 0.273. The number of carbonyl (C=O) groups is 2. The van der Waals surface area contributed by atoms with Gasteiger partial charge in [-0.25, -0.2) is 9.59 Å². The number of aliphatic carboxylic acids is 1. The Morgan fingerprint density at radius 1 is 1.21 bits per heavy atom. The molecular formula is C11H10F2O6. The van der Waals surface area contributed by atoms with Crippen molar-refractivity contribution in [1.82, 2.24) is 0 Å². The van der Waals surface area contributed by atoms with Crippen molar-refractivity contribution >= 4 is 11.9 Å². The van der Waals surface area contributed by atoms with Crippen LogP contribution in [0.4, 0.5) is 8.78 Å². The molecule has 0 aliphatic carbocycles. The number of alkyl halides is 2. The van der Waals surface area contributed by atoms with Crippen LogP contribution in [0.25, 0.3) is 0 Å². The number of halogens is 2. The Bertz CT molecular complexity index is 500. The van der Waals surface area contributed by atoms with E-state index in [1.807, 2.05) is 0 Å². The van der Waals surface area contributed by atoms with Crippen LogP contribution in [0.5, 0.6) is 11.5 Å². The Balaban J connectivity index is 3.16. The second kappa shape index (κ2) is 5.51. The molecule has 0 bridgehead atoms. The molecule has 0 fully saturated rings. The average Bonchev–Trinajstić information content (AvgIpc) is 2.37. The zero-order chi connectivity index (χ0) is 14.6. The topological polar surface area (TPSA) is 82.1 Å². The van der Waals surface area contributed by atoms with Gasteiger partial charge in [0.25, 0.3) is 0 Å². The zero-order valence-corrected chi connectivity index (χ0v) is 9.98. The second-order valence-corrected chi connectivity index (χ2v) is 3.28. The van der Waals surface area contributed by atoms with E-state index in [9.17, 15) is 18.4 Å². The maximum atomic E-state index is 13.0. The molecule has 0 heterocycles. The maximum absolute atomic E-state index is 13.0. The Kier molecular flexibility index (Phi) is 4.26. The van der Waals surface area contributed by atoms with Crippen LogP contribution < -0.4 is 9.47 Å². The van der Waals surface area contributed by atoms with Gasteiger partial charge in [-0.2, -0.15) is 8.78 Å². The fourth-order valence-electron chi connectivity index (χ4n) is 1.18. The number of benzene rings is 1. The first-order valence-corrected chi connectivity index (χ1v) is 4.88. The quantitative estimate of drug-likeness (QED) is 0.821. The van der Waals surface area contributed by atoms with Crippen molar-refractivity contribution in [1.29, 1.82) is 0 Å². The van der Waals surface area contributed by atoms with Gasteiger partial charge < -0.3 is 19.3 Å². The number of methoxy groups -OCH3 is 2. The predicted molar refractivity (Wildman–Crippen MR) is 57.5 cm³/mol. The third-order valence-corrected chi connectivity index (χ3v) is 2.07. The van der Waals surface area contributed by atoms with Crippen molar-refractivity contribution in [3.8, 4) is 11.5 Å². The number of carboxylic acids is 1. The average molecular weight is 276 g/mol. The van der Waals surface area contributed by atoms with E-state index in [2.05, 4.69) is 9.47 Å². The van der Waals surface area contributed by atoms with Crippen LogP contribution in [-0.2, 0) is 9.53 Å². The van der Waals surface area contributed by atoms with Crippen molar-refractivity contribution in [3.05, 3.63) is 23.8 Å². The van der Waals surface area contributed by atoms with Gasteiger partial charge in [-0.05, 0) is 18.2 Å². The summed E-state index contributed by atoms with van der Waals surface area (Å²) in [5.41, 5.74) is -0.0838. The molecule has 19 heavy (non-hydrogen) atoms. The largest absolute Gasteiger partial charge is 0.502 e. The molecule has 1 aromatic rings. The first-order chi connectivity index (χ1) is 8.81. The number of carbonyl (C=O) groups excluding carboxylic acids is 1. The van der Waals surface area contributed by atoms with E-state index < -0.39 is 23.8 Å². The zero-order valence-electron chi connectivity index (χ0n) is 9.98. The van der Waals surface area contributed by atoms with Crippen molar-refractivity contribution in [2.24, 2.45) is 0 Å². The molecule has 6 nitrogen and oxygen atoms in total. The van der Waals surface area contributed by atoms with Crippen LogP contribution in [0.3, 0.4) is 0 Å². The molecule has 0 unspecified atom stereocenters. The molecule has 8 heteroatoms. The number of esters is 1. The van der Waals surface area contributed by atoms with E-state index in [0.717, 1.165) is 13.2 Å². The van der Waals surface area contributed by atoms with Crippen LogP contribution in [0.2, 0.25) is 0 Å². The van der Waals surface area contributed by atoms with Crippen molar-refractivity contribution < 1.29 is 37.7 Å². The summed E-state index contributed by atoms with van der Waals surface area (Å²) in [5, 5.41) is 8.28. The van der Waals surface area contributed by atoms with Gasteiger partial charge in [0.2, 0.25) is 0 Å². The normalized spacial score (nSPS) is 10.7. The van der Waals surface area contributed by atoms with Gasteiger partial charge >= 0.3 is 18.0 Å². The fourth-order valence-corrected chi connectivity index (χ4v) is 1.18. The van der Waals surface area contributed by atoms with Crippen LogP contribution >= 0.6 is 0 Å².